The number of aliphatic hydroxyl groups excluding tert-OH is 1. The van der Waals surface area contributed by atoms with Crippen LogP contribution in [0, 0.1) is 19.8 Å². The number of hydrogen-bond donors (Lipinski definition) is 3. The van der Waals surface area contributed by atoms with Gasteiger partial charge >= 0.3 is 5.97 Å². The highest BCUT2D eigenvalue weighted by molar-refractivity contribution is 6.34. The number of rotatable bonds is 10. The minimum atomic E-state index is -0.787. The molecule has 2 atom stereocenters. The van der Waals surface area contributed by atoms with E-state index in [1.54, 1.807) is 12.4 Å². The summed E-state index contributed by atoms with van der Waals surface area (Å²) in [5.74, 6) is -0.203. The Kier molecular flexibility index (Phi) is 9.46. The summed E-state index contributed by atoms with van der Waals surface area (Å²) < 4.78 is 7.69. The van der Waals surface area contributed by atoms with Crippen molar-refractivity contribution < 1.29 is 19.4 Å². The molecule has 0 bridgehead atoms. The largest absolute Gasteiger partial charge is 0.481 e. The number of nitrogens with zero attached hydrogens (tertiary/aromatic N) is 6. The van der Waals surface area contributed by atoms with E-state index < -0.39 is 5.97 Å². The van der Waals surface area contributed by atoms with Crippen molar-refractivity contribution in [3.63, 3.8) is 0 Å². The van der Waals surface area contributed by atoms with Crippen molar-refractivity contribution in [3.05, 3.63) is 99.2 Å². The van der Waals surface area contributed by atoms with Gasteiger partial charge in [-0.3, -0.25) is 19.5 Å². The summed E-state index contributed by atoms with van der Waals surface area (Å²) in [7, 11) is 0. The lowest BCUT2D eigenvalue weighted by atomic mass is 9.93. The summed E-state index contributed by atoms with van der Waals surface area (Å²) in [4.78, 5) is 43.3. The summed E-state index contributed by atoms with van der Waals surface area (Å²) in [6, 6.07) is 16.1. The fraction of sp³-hybridized carbons (Fsp3) is 0.325. The number of carboxylic acids is 1. The number of benzene rings is 2. The molecular weight excluding hydrogens is 694 g/mol. The van der Waals surface area contributed by atoms with Gasteiger partial charge in [-0.2, -0.15) is 0 Å². The summed E-state index contributed by atoms with van der Waals surface area (Å²) in [5, 5.41) is 24.1. The molecule has 2 fully saturated rings. The number of oxazole rings is 1. The lowest BCUT2D eigenvalue weighted by Crippen LogP contribution is -2.30. The Balaban J connectivity index is 1.05. The standard InChI is InChI=1S/C40H40ClN7O5/c1-23-29(5-3-7-31(23)38-45-35-36(53-38)32(41)22-48(39(35)50)16-15-46-13-10-27(20-46)40(51)52)30-6-4-8-33(24(30)2)44-37-34-26(9-12-42-37)17-25(18-43-34)19-47-14-11-28(49)21-47/h3-9,12,17-18,22,27-28,49H,10-11,13-16,19-21H2,1-2H3,(H,42,44)(H,51,52)/t27-,28-/m1/s1. The van der Waals surface area contributed by atoms with Gasteiger partial charge in [0.05, 0.1) is 12.0 Å². The fourth-order valence-corrected chi connectivity index (χ4v) is 7.88. The number of aliphatic hydroxyl groups is 1. The Morgan fingerprint density at radius 3 is 2.51 bits per heavy atom. The van der Waals surface area contributed by atoms with E-state index in [0.717, 1.165) is 69.5 Å². The Morgan fingerprint density at radius 2 is 1.74 bits per heavy atom. The van der Waals surface area contributed by atoms with E-state index in [2.05, 4.69) is 45.3 Å². The van der Waals surface area contributed by atoms with Crippen LogP contribution >= 0.6 is 11.6 Å². The third-order valence-electron chi connectivity index (χ3n) is 10.6. The molecule has 2 saturated heterocycles. The van der Waals surface area contributed by atoms with E-state index in [4.69, 9.17) is 21.0 Å². The predicted octanol–water partition coefficient (Wildman–Crippen LogP) is 6.25. The lowest BCUT2D eigenvalue weighted by molar-refractivity contribution is -0.141. The SMILES string of the molecule is Cc1c(Nc2nccc3cc(CN4CC[C@@H](O)C4)cnc23)cccc1-c1cccc(-c2nc3c(=O)n(CCN4CC[C@@H](C(=O)O)C4)cc(Cl)c3o2)c1C. The van der Waals surface area contributed by atoms with Gasteiger partial charge in [-0.25, -0.2) is 9.97 Å². The van der Waals surface area contributed by atoms with Gasteiger partial charge in [0.1, 0.15) is 10.5 Å². The molecular formula is C40H40ClN7O5. The van der Waals surface area contributed by atoms with Crippen LogP contribution in [0.25, 0.3) is 44.6 Å². The average molecular weight is 734 g/mol. The zero-order valence-corrected chi connectivity index (χ0v) is 30.3. The number of hydrogen-bond acceptors (Lipinski definition) is 10. The number of anilines is 2. The highest BCUT2D eigenvalue weighted by Crippen LogP contribution is 2.37. The molecule has 6 heterocycles. The Labute approximate surface area is 310 Å². The van der Waals surface area contributed by atoms with Crippen LogP contribution in [-0.2, 0) is 17.9 Å². The van der Waals surface area contributed by atoms with Crippen LogP contribution < -0.4 is 10.9 Å². The maximum atomic E-state index is 13.5. The molecule has 53 heavy (non-hydrogen) atoms. The quantitative estimate of drug-likeness (QED) is 0.147. The number of aromatic nitrogens is 4. The molecule has 2 aromatic carbocycles. The van der Waals surface area contributed by atoms with Crippen LogP contribution in [0.4, 0.5) is 11.5 Å². The first-order valence-electron chi connectivity index (χ1n) is 17.9. The Morgan fingerprint density at radius 1 is 0.962 bits per heavy atom. The predicted molar refractivity (Wildman–Crippen MR) is 205 cm³/mol. The summed E-state index contributed by atoms with van der Waals surface area (Å²) in [5.41, 5.74) is 7.55. The number of carbonyl (C=O) groups is 1. The monoisotopic (exact) mass is 733 g/mol. The zero-order valence-electron chi connectivity index (χ0n) is 29.5. The molecule has 6 aromatic rings. The first kappa shape index (κ1) is 34.9. The third kappa shape index (κ3) is 6.91. The van der Waals surface area contributed by atoms with Gasteiger partial charge < -0.3 is 29.4 Å². The van der Waals surface area contributed by atoms with Gasteiger partial charge in [0.15, 0.2) is 16.9 Å². The smallest absolute Gasteiger partial charge is 0.307 e. The molecule has 0 aliphatic carbocycles. The molecule has 2 aliphatic rings. The van der Waals surface area contributed by atoms with Crippen LogP contribution in [0.3, 0.4) is 0 Å². The van der Waals surface area contributed by atoms with Crippen LogP contribution in [0.5, 0.6) is 0 Å². The molecule has 272 valence electrons. The highest BCUT2D eigenvalue weighted by Gasteiger charge is 2.28. The van der Waals surface area contributed by atoms with Crippen molar-refractivity contribution in [2.24, 2.45) is 5.92 Å². The maximum absolute atomic E-state index is 13.5. The Bertz CT molecular complexity index is 2430. The van der Waals surface area contributed by atoms with Crippen LogP contribution in [0.1, 0.15) is 29.5 Å². The number of likely N-dealkylation sites (tertiary alicyclic amines) is 2. The molecule has 4 aromatic heterocycles. The van der Waals surface area contributed by atoms with E-state index in [1.165, 1.54) is 4.57 Å². The van der Waals surface area contributed by atoms with Crippen molar-refractivity contribution in [1.82, 2.24) is 29.3 Å². The fourth-order valence-electron chi connectivity index (χ4n) is 7.63. The number of carboxylic acid groups (broad SMARTS) is 1. The molecule has 13 heteroatoms. The molecule has 0 saturated carbocycles. The zero-order chi connectivity index (χ0) is 36.8. The van der Waals surface area contributed by atoms with Gasteiger partial charge in [-0.05, 0) is 85.3 Å². The van der Waals surface area contributed by atoms with Crippen molar-refractivity contribution in [2.45, 2.75) is 45.9 Å². The topological polar surface area (TPSA) is 150 Å². The highest BCUT2D eigenvalue weighted by atomic mass is 35.5. The van der Waals surface area contributed by atoms with Crippen molar-refractivity contribution in [2.75, 3.05) is 38.0 Å². The van der Waals surface area contributed by atoms with Gasteiger partial charge in [0.25, 0.3) is 5.56 Å². The van der Waals surface area contributed by atoms with E-state index >= 15 is 0 Å². The van der Waals surface area contributed by atoms with Crippen molar-refractivity contribution in [1.29, 1.82) is 0 Å². The molecule has 0 radical (unpaired) electrons. The molecule has 0 amide bonds. The van der Waals surface area contributed by atoms with E-state index in [1.807, 2.05) is 48.4 Å². The van der Waals surface area contributed by atoms with Gasteiger partial charge in [0.2, 0.25) is 5.89 Å². The summed E-state index contributed by atoms with van der Waals surface area (Å²) >= 11 is 6.64. The number of pyridine rings is 3. The second kappa shape index (κ2) is 14.4. The minimum Gasteiger partial charge on any atom is -0.481 e. The lowest BCUT2D eigenvalue weighted by Gasteiger charge is -2.17. The number of nitrogens with one attached hydrogen (secondary N) is 1. The first-order chi connectivity index (χ1) is 25.6. The van der Waals surface area contributed by atoms with Crippen LogP contribution in [-0.4, -0.2) is 84.3 Å². The van der Waals surface area contributed by atoms with E-state index in [0.29, 0.717) is 50.9 Å². The van der Waals surface area contributed by atoms with Crippen LogP contribution in [0.2, 0.25) is 5.02 Å². The first-order valence-corrected chi connectivity index (χ1v) is 18.3. The number of halogens is 1. The molecule has 2 aliphatic heterocycles. The second-order valence-corrected chi connectivity index (χ2v) is 14.5. The Hall–Kier alpha value is -5.14. The summed E-state index contributed by atoms with van der Waals surface area (Å²) in [6.07, 6.45) is 6.38. The van der Waals surface area contributed by atoms with Crippen molar-refractivity contribution >= 4 is 51.1 Å². The average Bonchev–Trinajstić information content (AvgIpc) is 3.91. The second-order valence-electron chi connectivity index (χ2n) is 14.1. The maximum Gasteiger partial charge on any atom is 0.307 e. The molecule has 0 spiro atoms. The molecule has 0 unspecified atom stereocenters. The third-order valence-corrected chi connectivity index (χ3v) is 10.9. The van der Waals surface area contributed by atoms with Crippen LogP contribution in [0.15, 0.2) is 76.3 Å². The molecule has 12 nitrogen and oxygen atoms in total. The van der Waals surface area contributed by atoms with Crippen molar-refractivity contribution in [3.8, 4) is 22.6 Å². The van der Waals surface area contributed by atoms with Gasteiger partial charge in [-0.15, -0.1) is 0 Å². The number of aliphatic carboxylic acids is 1. The van der Waals surface area contributed by atoms with Gasteiger partial charge in [-0.1, -0.05) is 35.9 Å². The molecule has 8 rings (SSSR count). The summed E-state index contributed by atoms with van der Waals surface area (Å²) in [6.45, 7) is 8.41. The van der Waals surface area contributed by atoms with Gasteiger partial charge in [0, 0.05) is 74.5 Å². The normalized spacial score (nSPS) is 18.0. The van der Waals surface area contributed by atoms with E-state index in [9.17, 15) is 19.8 Å². The van der Waals surface area contributed by atoms with E-state index in [-0.39, 0.29) is 33.7 Å². The number of β-amino-alcohol motifs (C(OH)–C–C–N with tert-alkyl or cyclic N) is 1. The number of fused-ring (bicyclic) bond motifs is 2. The molecule has 3 N–H and O–H groups in total. The minimum absolute atomic E-state index is 0.155.